The molecular formula is C15H25NO. The first-order chi connectivity index (χ1) is 8.09. The Morgan fingerprint density at radius 1 is 1.24 bits per heavy atom. The Morgan fingerprint density at radius 2 is 1.94 bits per heavy atom. The third-order valence-corrected chi connectivity index (χ3v) is 3.09. The molecule has 1 N–H and O–H groups in total. The number of ether oxygens (including phenoxy) is 1. The lowest BCUT2D eigenvalue weighted by Crippen LogP contribution is -2.24. The van der Waals surface area contributed by atoms with Crippen molar-refractivity contribution in [3.8, 4) is 5.75 Å². The predicted molar refractivity (Wildman–Crippen MR) is 73.6 cm³/mol. The number of hydrogen-bond acceptors (Lipinski definition) is 2. The van der Waals surface area contributed by atoms with Crippen LogP contribution in [-0.2, 0) is 6.42 Å². The van der Waals surface area contributed by atoms with Gasteiger partial charge in [-0.05, 0) is 43.0 Å². The average Bonchev–Trinajstić information content (AvgIpc) is 2.29. The number of methoxy groups -OCH3 is 1. The lowest BCUT2D eigenvalue weighted by Gasteiger charge is -2.25. The standard InChI is InChI=1S/C15H25NO/c1-5-16-11-10-15(2,3)12-13-8-6-7-9-14(13)17-4/h6-9,16H,5,10-12H2,1-4H3. The predicted octanol–water partition coefficient (Wildman–Crippen LogP) is 3.26. The Bertz CT molecular complexity index is 333. The van der Waals surface area contributed by atoms with E-state index in [1.54, 1.807) is 7.11 Å². The van der Waals surface area contributed by atoms with Crippen molar-refractivity contribution in [2.75, 3.05) is 20.2 Å². The van der Waals surface area contributed by atoms with Crippen molar-refractivity contribution < 1.29 is 4.74 Å². The summed E-state index contributed by atoms with van der Waals surface area (Å²) in [7, 11) is 1.74. The second kappa shape index (κ2) is 6.65. The largest absolute Gasteiger partial charge is 0.496 e. The number of rotatable bonds is 7. The Balaban J connectivity index is 2.62. The van der Waals surface area contributed by atoms with Crippen molar-refractivity contribution >= 4 is 0 Å². The maximum absolute atomic E-state index is 5.40. The molecule has 0 aliphatic carbocycles. The van der Waals surface area contributed by atoms with Gasteiger partial charge in [0.2, 0.25) is 0 Å². The molecule has 0 heterocycles. The van der Waals surface area contributed by atoms with Crippen LogP contribution in [-0.4, -0.2) is 20.2 Å². The molecule has 0 aliphatic heterocycles. The molecule has 0 bridgehead atoms. The van der Waals surface area contributed by atoms with E-state index in [1.165, 1.54) is 12.0 Å². The Morgan fingerprint density at radius 3 is 2.59 bits per heavy atom. The highest BCUT2D eigenvalue weighted by Gasteiger charge is 2.19. The van der Waals surface area contributed by atoms with E-state index in [0.717, 1.165) is 25.3 Å². The van der Waals surface area contributed by atoms with Crippen molar-refractivity contribution in [2.24, 2.45) is 5.41 Å². The van der Waals surface area contributed by atoms with Crippen molar-refractivity contribution in [1.29, 1.82) is 0 Å². The van der Waals surface area contributed by atoms with Crippen molar-refractivity contribution in [2.45, 2.75) is 33.6 Å². The van der Waals surface area contributed by atoms with Crippen LogP contribution in [0.4, 0.5) is 0 Å². The van der Waals surface area contributed by atoms with Crippen LogP contribution in [0.3, 0.4) is 0 Å². The molecule has 0 saturated carbocycles. The van der Waals surface area contributed by atoms with E-state index in [-0.39, 0.29) is 0 Å². The van der Waals surface area contributed by atoms with Crippen LogP contribution in [0.2, 0.25) is 0 Å². The minimum absolute atomic E-state index is 0.302. The Hall–Kier alpha value is -1.02. The van der Waals surface area contributed by atoms with Crippen LogP contribution in [0.15, 0.2) is 24.3 Å². The van der Waals surface area contributed by atoms with Gasteiger partial charge in [0, 0.05) is 0 Å². The summed E-state index contributed by atoms with van der Waals surface area (Å²) in [5.41, 5.74) is 1.60. The molecule has 96 valence electrons. The summed E-state index contributed by atoms with van der Waals surface area (Å²) in [6, 6.07) is 8.30. The highest BCUT2D eigenvalue weighted by Crippen LogP contribution is 2.29. The molecule has 17 heavy (non-hydrogen) atoms. The molecule has 0 aromatic heterocycles. The summed E-state index contributed by atoms with van der Waals surface area (Å²) in [6.07, 6.45) is 2.24. The summed E-state index contributed by atoms with van der Waals surface area (Å²) in [4.78, 5) is 0. The lowest BCUT2D eigenvalue weighted by atomic mass is 9.82. The van der Waals surface area contributed by atoms with Crippen LogP contribution in [0.5, 0.6) is 5.75 Å². The molecule has 2 heteroatoms. The van der Waals surface area contributed by atoms with Crippen LogP contribution < -0.4 is 10.1 Å². The van der Waals surface area contributed by atoms with Gasteiger partial charge in [-0.2, -0.15) is 0 Å². The van der Waals surface area contributed by atoms with Crippen molar-refractivity contribution in [3.05, 3.63) is 29.8 Å². The molecule has 0 saturated heterocycles. The minimum Gasteiger partial charge on any atom is -0.496 e. The van der Waals surface area contributed by atoms with Crippen LogP contribution in [0, 0.1) is 5.41 Å². The fraction of sp³-hybridized carbons (Fsp3) is 0.600. The highest BCUT2D eigenvalue weighted by molar-refractivity contribution is 5.33. The molecule has 0 spiro atoms. The molecule has 0 fully saturated rings. The van der Waals surface area contributed by atoms with Gasteiger partial charge in [-0.1, -0.05) is 39.0 Å². The van der Waals surface area contributed by atoms with Crippen molar-refractivity contribution in [3.63, 3.8) is 0 Å². The van der Waals surface area contributed by atoms with Crippen LogP contribution in [0.25, 0.3) is 0 Å². The van der Waals surface area contributed by atoms with E-state index < -0.39 is 0 Å². The van der Waals surface area contributed by atoms with Gasteiger partial charge in [0.1, 0.15) is 5.75 Å². The van der Waals surface area contributed by atoms with E-state index >= 15 is 0 Å². The Labute approximate surface area is 105 Å². The quantitative estimate of drug-likeness (QED) is 0.732. The minimum atomic E-state index is 0.302. The van der Waals surface area contributed by atoms with Gasteiger partial charge in [-0.25, -0.2) is 0 Å². The maximum Gasteiger partial charge on any atom is 0.122 e. The summed E-state index contributed by atoms with van der Waals surface area (Å²) in [5.74, 6) is 1.00. The summed E-state index contributed by atoms with van der Waals surface area (Å²) < 4.78 is 5.40. The lowest BCUT2D eigenvalue weighted by molar-refractivity contribution is 0.319. The van der Waals surface area contributed by atoms with Gasteiger partial charge < -0.3 is 10.1 Å². The van der Waals surface area contributed by atoms with Gasteiger partial charge in [0.25, 0.3) is 0 Å². The number of benzene rings is 1. The third kappa shape index (κ3) is 4.78. The van der Waals surface area contributed by atoms with E-state index in [9.17, 15) is 0 Å². The molecule has 0 aliphatic rings. The summed E-state index contributed by atoms with van der Waals surface area (Å²) >= 11 is 0. The Kier molecular flexibility index (Phi) is 5.49. The fourth-order valence-electron chi connectivity index (χ4n) is 2.06. The first kappa shape index (κ1) is 14.0. The molecule has 0 radical (unpaired) electrons. The zero-order valence-corrected chi connectivity index (χ0v) is 11.5. The fourth-order valence-corrected chi connectivity index (χ4v) is 2.06. The van der Waals surface area contributed by atoms with Gasteiger partial charge >= 0.3 is 0 Å². The number of para-hydroxylation sites is 1. The smallest absolute Gasteiger partial charge is 0.122 e. The van der Waals surface area contributed by atoms with Gasteiger partial charge in [-0.3, -0.25) is 0 Å². The first-order valence-electron chi connectivity index (χ1n) is 6.41. The van der Waals surface area contributed by atoms with E-state index in [1.807, 2.05) is 12.1 Å². The van der Waals surface area contributed by atoms with Gasteiger partial charge in [0.15, 0.2) is 0 Å². The van der Waals surface area contributed by atoms with Crippen molar-refractivity contribution in [1.82, 2.24) is 5.32 Å². The van der Waals surface area contributed by atoms with Crippen LogP contribution >= 0.6 is 0 Å². The molecule has 1 aromatic carbocycles. The SMILES string of the molecule is CCNCCC(C)(C)Cc1ccccc1OC. The third-order valence-electron chi connectivity index (χ3n) is 3.09. The van der Waals surface area contributed by atoms with Crippen LogP contribution in [0.1, 0.15) is 32.8 Å². The molecule has 0 amide bonds. The summed E-state index contributed by atoms with van der Waals surface area (Å²) in [5, 5.41) is 3.39. The molecule has 1 aromatic rings. The molecule has 0 atom stereocenters. The zero-order valence-electron chi connectivity index (χ0n) is 11.5. The van der Waals surface area contributed by atoms with Gasteiger partial charge in [-0.15, -0.1) is 0 Å². The molecule has 0 unspecified atom stereocenters. The van der Waals surface area contributed by atoms with E-state index in [2.05, 4.69) is 38.2 Å². The number of nitrogens with one attached hydrogen (secondary N) is 1. The monoisotopic (exact) mass is 235 g/mol. The average molecular weight is 235 g/mol. The molecule has 2 nitrogen and oxygen atoms in total. The highest BCUT2D eigenvalue weighted by atomic mass is 16.5. The summed E-state index contributed by atoms with van der Waals surface area (Å²) in [6.45, 7) is 8.91. The topological polar surface area (TPSA) is 21.3 Å². The normalized spacial score (nSPS) is 11.5. The molecule has 1 rings (SSSR count). The van der Waals surface area contributed by atoms with E-state index in [4.69, 9.17) is 4.74 Å². The second-order valence-corrected chi connectivity index (χ2v) is 5.26. The first-order valence-corrected chi connectivity index (χ1v) is 6.41. The molecular weight excluding hydrogens is 210 g/mol. The maximum atomic E-state index is 5.40. The van der Waals surface area contributed by atoms with Gasteiger partial charge in [0.05, 0.1) is 7.11 Å². The zero-order chi connectivity index (χ0) is 12.7. The number of hydrogen-bond donors (Lipinski definition) is 1. The second-order valence-electron chi connectivity index (χ2n) is 5.26. The van der Waals surface area contributed by atoms with E-state index in [0.29, 0.717) is 5.41 Å².